The lowest BCUT2D eigenvalue weighted by atomic mass is 9.87. The van der Waals surface area contributed by atoms with E-state index in [0.29, 0.717) is 12.0 Å². The number of hydrogen-bond donors (Lipinski definition) is 2. The van der Waals surface area contributed by atoms with Crippen LogP contribution in [0, 0.1) is 5.92 Å². The minimum atomic E-state index is 0.415. The predicted molar refractivity (Wildman–Crippen MR) is 66.7 cm³/mol. The van der Waals surface area contributed by atoms with Gasteiger partial charge in [0.2, 0.25) is 0 Å². The Bertz CT molecular complexity index is 388. The lowest BCUT2D eigenvalue weighted by Crippen LogP contribution is -2.33. The van der Waals surface area contributed by atoms with Gasteiger partial charge >= 0.3 is 0 Å². The molecule has 0 saturated heterocycles. The van der Waals surface area contributed by atoms with E-state index in [4.69, 9.17) is 10.5 Å². The Hall–Kier alpha value is -1.22. The first-order chi connectivity index (χ1) is 7.65. The molecule has 16 heavy (non-hydrogen) atoms. The first-order valence-corrected chi connectivity index (χ1v) is 5.83. The average molecular weight is 220 g/mol. The van der Waals surface area contributed by atoms with Crippen LogP contribution >= 0.6 is 0 Å². The Labute approximate surface area is 97.0 Å². The molecule has 0 radical (unpaired) electrons. The fourth-order valence-corrected chi connectivity index (χ4v) is 2.51. The maximum absolute atomic E-state index is 5.93. The molecule has 3 heteroatoms. The molecule has 1 aromatic rings. The number of ether oxygens (including phenoxy) is 1. The minimum Gasteiger partial charge on any atom is -0.494 e. The summed E-state index contributed by atoms with van der Waals surface area (Å²) in [7, 11) is 1.69. The zero-order valence-corrected chi connectivity index (χ0v) is 10.2. The summed E-state index contributed by atoms with van der Waals surface area (Å²) in [6.07, 6.45) is 0.993. The second kappa shape index (κ2) is 4.34. The number of nitrogen functional groups attached to an aromatic ring is 1. The normalized spacial score (nSPS) is 19.6. The zero-order valence-electron chi connectivity index (χ0n) is 10.2. The van der Waals surface area contributed by atoms with Gasteiger partial charge in [-0.25, -0.2) is 0 Å². The summed E-state index contributed by atoms with van der Waals surface area (Å²) >= 11 is 0. The standard InChI is InChI=1S/C13H20N2O/c1-8(2)12-9-4-5-11(14)13(16-3)10(9)6-7-15-12/h4-5,8,12,15H,6-7,14H2,1-3H3. The molecule has 1 aliphatic heterocycles. The fraction of sp³-hybridized carbons (Fsp3) is 0.538. The van der Waals surface area contributed by atoms with Crippen LogP contribution in [0.5, 0.6) is 5.75 Å². The van der Waals surface area contributed by atoms with Gasteiger partial charge in [-0.05, 0) is 30.5 Å². The number of hydrogen-bond acceptors (Lipinski definition) is 3. The number of benzene rings is 1. The molecule has 3 N–H and O–H groups in total. The molecule has 1 aliphatic rings. The third-order valence-electron chi connectivity index (χ3n) is 3.27. The lowest BCUT2D eigenvalue weighted by molar-refractivity contribution is 0.375. The van der Waals surface area contributed by atoms with Crippen molar-refractivity contribution in [3.8, 4) is 5.75 Å². The maximum atomic E-state index is 5.93. The molecule has 0 bridgehead atoms. The Morgan fingerprint density at radius 3 is 2.81 bits per heavy atom. The fourth-order valence-electron chi connectivity index (χ4n) is 2.51. The van der Waals surface area contributed by atoms with Crippen LogP contribution in [0.3, 0.4) is 0 Å². The van der Waals surface area contributed by atoms with Gasteiger partial charge in [0.15, 0.2) is 0 Å². The highest BCUT2D eigenvalue weighted by Gasteiger charge is 2.25. The number of nitrogens with two attached hydrogens (primary N) is 1. The van der Waals surface area contributed by atoms with Gasteiger partial charge in [-0.15, -0.1) is 0 Å². The smallest absolute Gasteiger partial charge is 0.145 e. The number of methoxy groups -OCH3 is 1. The van der Waals surface area contributed by atoms with Crippen molar-refractivity contribution in [3.63, 3.8) is 0 Å². The van der Waals surface area contributed by atoms with Crippen molar-refractivity contribution in [1.29, 1.82) is 0 Å². The Kier molecular flexibility index (Phi) is 3.06. The number of nitrogens with one attached hydrogen (secondary N) is 1. The number of rotatable bonds is 2. The molecule has 1 aromatic carbocycles. The van der Waals surface area contributed by atoms with Crippen LogP contribution in [0.1, 0.15) is 31.0 Å². The largest absolute Gasteiger partial charge is 0.494 e. The second-order valence-corrected chi connectivity index (χ2v) is 4.68. The molecule has 0 aromatic heterocycles. The van der Waals surface area contributed by atoms with E-state index in [1.54, 1.807) is 7.11 Å². The molecule has 2 rings (SSSR count). The summed E-state index contributed by atoms with van der Waals surface area (Å²) in [5, 5.41) is 3.55. The molecule has 0 spiro atoms. The highest BCUT2D eigenvalue weighted by Crippen LogP contribution is 2.37. The molecular formula is C13H20N2O. The SMILES string of the molecule is COc1c(N)ccc2c1CCNC2C(C)C. The van der Waals surface area contributed by atoms with Gasteiger partial charge in [-0.3, -0.25) is 0 Å². The topological polar surface area (TPSA) is 47.3 Å². The predicted octanol–water partition coefficient (Wildman–Crippen LogP) is 2.12. The van der Waals surface area contributed by atoms with E-state index in [1.807, 2.05) is 6.07 Å². The van der Waals surface area contributed by atoms with E-state index >= 15 is 0 Å². The van der Waals surface area contributed by atoms with Crippen LogP contribution in [-0.4, -0.2) is 13.7 Å². The number of anilines is 1. The van der Waals surface area contributed by atoms with Crippen molar-refractivity contribution in [2.45, 2.75) is 26.3 Å². The Morgan fingerprint density at radius 2 is 2.19 bits per heavy atom. The maximum Gasteiger partial charge on any atom is 0.145 e. The van der Waals surface area contributed by atoms with E-state index in [9.17, 15) is 0 Å². The van der Waals surface area contributed by atoms with Crippen LogP contribution in [-0.2, 0) is 6.42 Å². The molecule has 0 saturated carbocycles. The summed E-state index contributed by atoms with van der Waals surface area (Å²) in [5.41, 5.74) is 9.29. The lowest BCUT2D eigenvalue weighted by Gasteiger charge is -2.31. The van der Waals surface area contributed by atoms with Gasteiger partial charge < -0.3 is 15.8 Å². The quantitative estimate of drug-likeness (QED) is 0.750. The monoisotopic (exact) mass is 220 g/mol. The van der Waals surface area contributed by atoms with Crippen molar-refractivity contribution < 1.29 is 4.74 Å². The van der Waals surface area contributed by atoms with E-state index in [2.05, 4.69) is 25.2 Å². The van der Waals surface area contributed by atoms with E-state index < -0.39 is 0 Å². The van der Waals surface area contributed by atoms with Gasteiger partial charge in [0.25, 0.3) is 0 Å². The van der Waals surface area contributed by atoms with Crippen LogP contribution in [0.2, 0.25) is 0 Å². The molecule has 0 amide bonds. The van der Waals surface area contributed by atoms with Crippen LogP contribution < -0.4 is 15.8 Å². The first-order valence-electron chi connectivity index (χ1n) is 5.83. The second-order valence-electron chi connectivity index (χ2n) is 4.68. The first kappa shape index (κ1) is 11.3. The van der Waals surface area contributed by atoms with Crippen molar-refractivity contribution in [2.75, 3.05) is 19.4 Å². The molecule has 3 nitrogen and oxygen atoms in total. The van der Waals surface area contributed by atoms with Gasteiger partial charge in [-0.1, -0.05) is 19.9 Å². The third-order valence-corrected chi connectivity index (χ3v) is 3.27. The van der Waals surface area contributed by atoms with Gasteiger partial charge in [0.05, 0.1) is 12.8 Å². The van der Waals surface area contributed by atoms with E-state index in [1.165, 1.54) is 11.1 Å². The number of fused-ring (bicyclic) bond motifs is 1. The zero-order chi connectivity index (χ0) is 11.7. The Balaban J connectivity index is 2.50. The molecular weight excluding hydrogens is 200 g/mol. The highest BCUT2D eigenvalue weighted by atomic mass is 16.5. The molecule has 0 fully saturated rings. The Morgan fingerprint density at radius 1 is 1.44 bits per heavy atom. The minimum absolute atomic E-state index is 0.415. The molecule has 0 aliphatic carbocycles. The highest BCUT2D eigenvalue weighted by molar-refractivity contribution is 5.60. The summed E-state index contributed by atoms with van der Waals surface area (Å²) in [6.45, 7) is 5.46. The van der Waals surface area contributed by atoms with Gasteiger partial charge in [0.1, 0.15) is 5.75 Å². The van der Waals surface area contributed by atoms with Crippen LogP contribution in [0.4, 0.5) is 5.69 Å². The molecule has 88 valence electrons. The van der Waals surface area contributed by atoms with E-state index in [-0.39, 0.29) is 0 Å². The third kappa shape index (κ3) is 1.76. The van der Waals surface area contributed by atoms with Gasteiger partial charge in [-0.2, -0.15) is 0 Å². The molecule has 1 unspecified atom stereocenters. The average Bonchev–Trinajstić information content (AvgIpc) is 2.27. The van der Waals surface area contributed by atoms with E-state index in [0.717, 1.165) is 24.4 Å². The van der Waals surface area contributed by atoms with Crippen molar-refractivity contribution in [2.24, 2.45) is 5.92 Å². The van der Waals surface area contributed by atoms with Crippen molar-refractivity contribution in [3.05, 3.63) is 23.3 Å². The summed E-state index contributed by atoms with van der Waals surface area (Å²) in [6, 6.07) is 4.49. The van der Waals surface area contributed by atoms with Crippen LogP contribution in [0.15, 0.2) is 12.1 Å². The summed E-state index contributed by atoms with van der Waals surface area (Å²) in [5.74, 6) is 1.44. The van der Waals surface area contributed by atoms with Crippen molar-refractivity contribution in [1.82, 2.24) is 5.32 Å². The van der Waals surface area contributed by atoms with Crippen LogP contribution in [0.25, 0.3) is 0 Å². The molecule has 1 heterocycles. The van der Waals surface area contributed by atoms with Crippen molar-refractivity contribution >= 4 is 5.69 Å². The summed E-state index contributed by atoms with van der Waals surface area (Å²) < 4.78 is 5.42. The summed E-state index contributed by atoms with van der Waals surface area (Å²) in [4.78, 5) is 0. The van der Waals surface area contributed by atoms with Gasteiger partial charge in [0, 0.05) is 11.6 Å². The molecule has 1 atom stereocenters.